The van der Waals surface area contributed by atoms with Crippen LogP contribution in [0.3, 0.4) is 0 Å². The Hall–Kier alpha value is -1.62. The van der Waals surface area contributed by atoms with Crippen molar-refractivity contribution in [3.8, 4) is 0 Å². The van der Waals surface area contributed by atoms with E-state index < -0.39 is 0 Å². The number of benzene rings is 1. The van der Waals surface area contributed by atoms with Crippen molar-refractivity contribution < 1.29 is 4.79 Å². The molecule has 2 amide bonds. The lowest BCUT2D eigenvalue weighted by molar-refractivity contribution is 0.186. The Morgan fingerprint density at radius 1 is 1.33 bits per heavy atom. The number of thiocarbonyl (C=S) groups is 1. The number of nitrogens with zero attached hydrogens (tertiary/aromatic N) is 1. The molecule has 1 heterocycles. The molecular weight excluding hydrogens is 246 g/mol. The Balaban J connectivity index is 2.05. The maximum absolute atomic E-state index is 12.2. The van der Waals surface area contributed by atoms with E-state index in [-0.39, 0.29) is 12.1 Å². The Morgan fingerprint density at radius 2 is 2.06 bits per heavy atom. The third kappa shape index (κ3) is 2.98. The minimum atomic E-state index is -0.126. The van der Waals surface area contributed by atoms with E-state index in [9.17, 15) is 4.79 Å². The first-order valence-electron chi connectivity index (χ1n) is 6.10. The van der Waals surface area contributed by atoms with Gasteiger partial charge in [0.15, 0.2) is 0 Å². The molecule has 1 fully saturated rings. The first-order chi connectivity index (χ1) is 8.68. The van der Waals surface area contributed by atoms with Gasteiger partial charge in [-0.2, -0.15) is 0 Å². The molecule has 0 bridgehead atoms. The van der Waals surface area contributed by atoms with Crippen LogP contribution in [0, 0.1) is 0 Å². The molecule has 0 spiro atoms. The topological polar surface area (TPSA) is 58.4 Å². The van der Waals surface area contributed by atoms with E-state index in [1.807, 2.05) is 30.3 Å². The summed E-state index contributed by atoms with van der Waals surface area (Å²) in [5.41, 5.74) is 6.49. The molecule has 1 atom stereocenters. The predicted octanol–water partition coefficient (Wildman–Crippen LogP) is 2.36. The molecule has 1 aromatic rings. The molecule has 5 heteroatoms. The monoisotopic (exact) mass is 263 g/mol. The molecule has 2 rings (SSSR count). The van der Waals surface area contributed by atoms with Gasteiger partial charge in [-0.3, -0.25) is 0 Å². The van der Waals surface area contributed by atoms with Crippen LogP contribution in [-0.4, -0.2) is 28.5 Å². The van der Waals surface area contributed by atoms with E-state index in [0.717, 1.165) is 24.9 Å². The highest BCUT2D eigenvalue weighted by Gasteiger charge is 2.28. The summed E-state index contributed by atoms with van der Waals surface area (Å²) in [6.45, 7) is 0.709. The minimum Gasteiger partial charge on any atom is -0.392 e. The molecule has 0 aromatic heterocycles. The van der Waals surface area contributed by atoms with Gasteiger partial charge in [0, 0.05) is 12.2 Å². The quantitative estimate of drug-likeness (QED) is 0.805. The summed E-state index contributed by atoms with van der Waals surface area (Å²) in [7, 11) is 0. The van der Waals surface area contributed by atoms with Crippen molar-refractivity contribution in [3.63, 3.8) is 0 Å². The highest BCUT2D eigenvalue weighted by molar-refractivity contribution is 7.80. The number of carbonyl (C=O) groups is 1. The predicted molar refractivity (Wildman–Crippen MR) is 76.6 cm³/mol. The van der Waals surface area contributed by atoms with Crippen molar-refractivity contribution >= 4 is 28.9 Å². The first-order valence-corrected chi connectivity index (χ1v) is 6.51. The molecule has 1 saturated heterocycles. The van der Waals surface area contributed by atoms with E-state index in [1.54, 1.807) is 4.90 Å². The molecule has 0 saturated carbocycles. The van der Waals surface area contributed by atoms with Crippen LogP contribution in [0.4, 0.5) is 10.5 Å². The van der Waals surface area contributed by atoms with Crippen LogP contribution in [0.15, 0.2) is 30.3 Å². The van der Waals surface area contributed by atoms with E-state index in [2.05, 4.69) is 5.32 Å². The number of piperidine rings is 1. The lowest BCUT2D eigenvalue weighted by Gasteiger charge is -2.34. The van der Waals surface area contributed by atoms with E-state index >= 15 is 0 Å². The lowest BCUT2D eigenvalue weighted by Crippen LogP contribution is -2.51. The zero-order valence-electron chi connectivity index (χ0n) is 10.1. The van der Waals surface area contributed by atoms with Gasteiger partial charge in [-0.1, -0.05) is 30.4 Å². The van der Waals surface area contributed by atoms with Crippen molar-refractivity contribution in [2.45, 2.75) is 25.3 Å². The molecule has 4 nitrogen and oxygen atoms in total. The molecule has 1 unspecified atom stereocenters. The van der Waals surface area contributed by atoms with Crippen LogP contribution in [0.5, 0.6) is 0 Å². The average Bonchev–Trinajstić information content (AvgIpc) is 2.40. The van der Waals surface area contributed by atoms with Crippen molar-refractivity contribution in [1.82, 2.24) is 4.90 Å². The van der Waals surface area contributed by atoms with Gasteiger partial charge in [0.25, 0.3) is 0 Å². The molecule has 3 N–H and O–H groups in total. The summed E-state index contributed by atoms with van der Waals surface area (Å²) in [4.78, 5) is 14.3. The molecule has 1 aliphatic rings. The van der Waals surface area contributed by atoms with Crippen molar-refractivity contribution in [1.29, 1.82) is 0 Å². The van der Waals surface area contributed by atoms with Crippen LogP contribution in [0.25, 0.3) is 0 Å². The SMILES string of the molecule is NC(=S)C1CCCCN1C(=O)Nc1ccccc1. The molecular formula is C13H17N3OS. The zero-order valence-corrected chi connectivity index (χ0v) is 11.0. The van der Waals surface area contributed by atoms with E-state index in [1.165, 1.54) is 0 Å². The standard InChI is InChI=1S/C13H17N3OS/c14-12(18)11-8-4-5-9-16(11)13(17)15-10-6-2-1-3-7-10/h1-3,6-7,11H,4-5,8-9H2,(H2,14,18)(H,15,17). The normalized spacial score (nSPS) is 19.3. The van der Waals surface area contributed by atoms with E-state index in [4.69, 9.17) is 18.0 Å². The van der Waals surface area contributed by atoms with Crippen LogP contribution in [0.2, 0.25) is 0 Å². The largest absolute Gasteiger partial charge is 0.392 e. The van der Waals surface area contributed by atoms with Crippen LogP contribution >= 0.6 is 12.2 Å². The molecule has 0 radical (unpaired) electrons. The number of likely N-dealkylation sites (tertiary alicyclic amines) is 1. The van der Waals surface area contributed by atoms with Gasteiger partial charge in [-0.25, -0.2) is 4.79 Å². The van der Waals surface area contributed by atoms with Gasteiger partial charge in [0.2, 0.25) is 0 Å². The van der Waals surface area contributed by atoms with Crippen molar-refractivity contribution in [3.05, 3.63) is 30.3 Å². The highest BCUT2D eigenvalue weighted by atomic mass is 32.1. The van der Waals surface area contributed by atoms with E-state index in [0.29, 0.717) is 11.5 Å². The summed E-state index contributed by atoms with van der Waals surface area (Å²) >= 11 is 5.03. The van der Waals surface area contributed by atoms with Crippen LogP contribution in [-0.2, 0) is 0 Å². The van der Waals surface area contributed by atoms with Crippen molar-refractivity contribution in [2.24, 2.45) is 5.73 Å². The number of urea groups is 1. The molecule has 18 heavy (non-hydrogen) atoms. The number of nitrogens with one attached hydrogen (secondary N) is 1. The summed E-state index contributed by atoms with van der Waals surface area (Å²) in [5.74, 6) is 0. The fourth-order valence-electron chi connectivity index (χ4n) is 2.19. The second-order valence-electron chi connectivity index (χ2n) is 4.40. The highest BCUT2D eigenvalue weighted by Crippen LogP contribution is 2.18. The lowest BCUT2D eigenvalue weighted by atomic mass is 10.0. The summed E-state index contributed by atoms with van der Waals surface area (Å²) < 4.78 is 0. The number of rotatable bonds is 2. The van der Waals surface area contributed by atoms with Crippen molar-refractivity contribution in [2.75, 3.05) is 11.9 Å². The van der Waals surface area contributed by atoms with Gasteiger partial charge in [-0.05, 0) is 31.4 Å². The van der Waals surface area contributed by atoms with Crippen LogP contribution in [0.1, 0.15) is 19.3 Å². The maximum Gasteiger partial charge on any atom is 0.322 e. The Bertz CT molecular complexity index is 435. The maximum atomic E-state index is 12.2. The number of anilines is 1. The summed E-state index contributed by atoms with van der Waals surface area (Å²) in [5, 5.41) is 2.87. The van der Waals surface area contributed by atoms with Gasteiger partial charge in [-0.15, -0.1) is 0 Å². The third-order valence-corrected chi connectivity index (χ3v) is 3.39. The molecule has 96 valence electrons. The number of para-hydroxylation sites is 1. The van der Waals surface area contributed by atoms with Gasteiger partial charge in [0.1, 0.15) is 0 Å². The fraction of sp³-hybridized carbons (Fsp3) is 0.385. The Morgan fingerprint density at radius 3 is 2.72 bits per heavy atom. The summed E-state index contributed by atoms with van der Waals surface area (Å²) in [6.07, 6.45) is 2.93. The zero-order chi connectivity index (χ0) is 13.0. The van der Waals surface area contributed by atoms with Gasteiger partial charge in [0.05, 0.1) is 11.0 Å². The third-order valence-electron chi connectivity index (χ3n) is 3.12. The second kappa shape index (κ2) is 5.82. The molecule has 0 aliphatic carbocycles. The fourth-order valence-corrected chi connectivity index (χ4v) is 2.43. The second-order valence-corrected chi connectivity index (χ2v) is 4.87. The number of hydrogen-bond acceptors (Lipinski definition) is 2. The average molecular weight is 263 g/mol. The number of amides is 2. The molecule has 1 aliphatic heterocycles. The smallest absolute Gasteiger partial charge is 0.322 e. The van der Waals surface area contributed by atoms with Gasteiger partial charge < -0.3 is 16.0 Å². The first kappa shape index (κ1) is 12.8. The molecule has 1 aromatic carbocycles. The van der Waals surface area contributed by atoms with Crippen LogP contribution < -0.4 is 11.1 Å². The number of nitrogens with two attached hydrogens (primary N) is 1. The van der Waals surface area contributed by atoms with Gasteiger partial charge >= 0.3 is 6.03 Å². The minimum absolute atomic E-state index is 0.113. The summed E-state index contributed by atoms with van der Waals surface area (Å²) in [6, 6.07) is 9.16. The number of hydrogen-bond donors (Lipinski definition) is 2. The Kier molecular flexibility index (Phi) is 4.15. The Labute approximate surface area is 112 Å². The number of carbonyl (C=O) groups excluding carboxylic acids is 1.